The van der Waals surface area contributed by atoms with E-state index < -0.39 is 0 Å². The van der Waals surface area contributed by atoms with E-state index in [2.05, 4.69) is 37.3 Å². The lowest BCUT2D eigenvalue weighted by atomic mass is 9.95. The molecule has 0 fully saturated rings. The van der Waals surface area contributed by atoms with Gasteiger partial charge in [0.2, 0.25) is 0 Å². The summed E-state index contributed by atoms with van der Waals surface area (Å²) in [7, 11) is 1.41. The van der Waals surface area contributed by atoms with Crippen LogP contribution in [-0.4, -0.2) is 24.6 Å². The molecule has 0 bridgehead atoms. The van der Waals surface area contributed by atoms with E-state index in [9.17, 15) is 4.79 Å². The summed E-state index contributed by atoms with van der Waals surface area (Å²) in [5.74, 6) is 0. The standard InChI is InChI=1S/C20H19NO2/c1-15-10-12-16(13-11-15)18-9-6-14-21(20(22)23-2)19(18)17-7-4-3-5-8-17/h3-13H,14H2,1-2H3. The number of nitrogens with zero attached hydrogens (tertiary/aromatic N) is 1. The summed E-state index contributed by atoms with van der Waals surface area (Å²) in [5.41, 5.74) is 5.19. The summed E-state index contributed by atoms with van der Waals surface area (Å²) >= 11 is 0. The maximum absolute atomic E-state index is 12.2. The first-order valence-electron chi connectivity index (χ1n) is 7.59. The van der Waals surface area contributed by atoms with Crippen molar-refractivity contribution in [2.24, 2.45) is 0 Å². The number of rotatable bonds is 2. The Labute approximate surface area is 136 Å². The van der Waals surface area contributed by atoms with Crippen LogP contribution in [-0.2, 0) is 4.74 Å². The Kier molecular flexibility index (Phi) is 4.29. The van der Waals surface area contributed by atoms with Crippen LogP contribution in [0.3, 0.4) is 0 Å². The van der Waals surface area contributed by atoms with Crippen molar-refractivity contribution < 1.29 is 9.53 Å². The first kappa shape index (κ1) is 15.1. The Bertz CT molecular complexity index is 758. The smallest absolute Gasteiger partial charge is 0.414 e. The van der Waals surface area contributed by atoms with Crippen molar-refractivity contribution in [3.63, 3.8) is 0 Å². The van der Waals surface area contributed by atoms with Crippen LogP contribution >= 0.6 is 0 Å². The highest BCUT2D eigenvalue weighted by atomic mass is 16.5. The van der Waals surface area contributed by atoms with Gasteiger partial charge < -0.3 is 4.74 Å². The highest BCUT2D eigenvalue weighted by molar-refractivity contribution is 6.00. The number of amides is 1. The third kappa shape index (κ3) is 3.04. The largest absolute Gasteiger partial charge is 0.452 e. The minimum absolute atomic E-state index is 0.349. The van der Waals surface area contributed by atoms with Gasteiger partial charge in [0.15, 0.2) is 0 Å². The lowest BCUT2D eigenvalue weighted by Crippen LogP contribution is -2.31. The van der Waals surface area contributed by atoms with E-state index in [0.29, 0.717) is 6.54 Å². The van der Waals surface area contributed by atoms with E-state index in [-0.39, 0.29) is 6.09 Å². The van der Waals surface area contributed by atoms with E-state index >= 15 is 0 Å². The summed E-state index contributed by atoms with van der Waals surface area (Å²) in [6.07, 6.45) is 3.71. The number of carbonyl (C=O) groups excluding carboxylic acids is 1. The molecule has 0 saturated heterocycles. The van der Waals surface area contributed by atoms with Gasteiger partial charge in [0.05, 0.1) is 12.8 Å². The fraction of sp³-hybridized carbons (Fsp3) is 0.150. The normalized spacial score (nSPS) is 14.1. The molecule has 1 aliphatic rings. The molecule has 0 spiro atoms. The molecule has 0 aliphatic carbocycles. The molecular formula is C20H19NO2. The van der Waals surface area contributed by atoms with Gasteiger partial charge in [-0.15, -0.1) is 0 Å². The molecule has 3 rings (SSSR count). The number of benzene rings is 2. The molecule has 0 unspecified atom stereocenters. The van der Waals surface area contributed by atoms with E-state index in [0.717, 1.165) is 22.4 Å². The molecule has 2 aromatic rings. The molecule has 0 N–H and O–H groups in total. The Hall–Kier alpha value is -2.81. The zero-order valence-electron chi connectivity index (χ0n) is 13.3. The maximum atomic E-state index is 12.2. The first-order valence-corrected chi connectivity index (χ1v) is 7.59. The Morgan fingerprint density at radius 2 is 1.70 bits per heavy atom. The van der Waals surface area contributed by atoms with Crippen LogP contribution in [0.25, 0.3) is 11.3 Å². The quantitative estimate of drug-likeness (QED) is 0.817. The SMILES string of the molecule is COC(=O)N1CC=CC(c2ccc(C)cc2)=C1c1ccccc1. The third-order valence-electron chi connectivity index (χ3n) is 3.90. The third-order valence-corrected chi connectivity index (χ3v) is 3.90. The molecule has 0 saturated carbocycles. The molecule has 0 radical (unpaired) electrons. The number of methoxy groups -OCH3 is 1. The Morgan fingerprint density at radius 3 is 2.35 bits per heavy atom. The van der Waals surface area contributed by atoms with Gasteiger partial charge in [0, 0.05) is 12.1 Å². The predicted molar refractivity (Wildman–Crippen MR) is 92.7 cm³/mol. The van der Waals surface area contributed by atoms with Gasteiger partial charge >= 0.3 is 6.09 Å². The maximum Gasteiger partial charge on any atom is 0.414 e. The van der Waals surface area contributed by atoms with Crippen molar-refractivity contribution in [3.05, 3.63) is 83.4 Å². The zero-order chi connectivity index (χ0) is 16.2. The summed E-state index contributed by atoms with van der Waals surface area (Å²) < 4.78 is 4.96. The number of aryl methyl sites for hydroxylation is 1. The Morgan fingerprint density at radius 1 is 1.00 bits per heavy atom. The fourth-order valence-electron chi connectivity index (χ4n) is 2.74. The number of ether oxygens (including phenoxy) is 1. The van der Waals surface area contributed by atoms with Crippen LogP contribution in [0.5, 0.6) is 0 Å². The van der Waals surface area contributed by atoms with Gasteiger partial charge in [-0.2, -0.15) is 0 Å². The van der Waals surface area contributed by atoms with Crippen molar-refractivity contribution in [2.75, 3.05) is 13.7 Å². The monoisotopic (exact) mass is 305 g/mol. The highest BCUT2D eigenvalue weighted by Gasteiger charge is 2.25. The molecule has 1 amide bonds. The van der Waals surface area contributed by atoms with Crippen molar-refractivity contribution in [1.29, 1.82) is 0 Å². The molecule has 2 aromatic carbocycles. The van der Waals surface area contributed by atoms with Crippen LogP contribution in [0.15, 0.2) is 66.7 Å². The number of hydrogen-bond donors (Lipinski definition) is 0. The van der Waals surface area contributed by atoms with Gasteiger partial charge in [0.25, 0.3) is 0 Å². The van der Waals surface area contributed by atoms with Gasteiger partial charge in [-0.05, 0) is 18.1 Å². The summed E-state index contributed by atoms with van der Waals surface area (Å²) in [4.78, 5) is 13.9. The average molecular weight is 305 g/mol. The number of carbonyl (C=O) groups is 1. The van der Waals surface area contributed by atoms with Crippen LogP contribution in [0.2, 0.25) is 0 Å². The topological polar surface area (TPSA) is 29.5 Å². The van der Waals surface area contributed by atoms with E-state index in [1.165, 1.54) is 12.7 Å². The summed E-state index contributed by atoms with van der Waals surface area (Å²) in [6.45, 7) is 2.57. The Balaban J connectivity index is 2.19. The summed E-state index contributed by atoms with van der Waals surface area (Å²) in [5, 5.41) is 0. The molecule has 0 atom stereocenters. The van der Waals surface area contributed by atoms with Crippen LogP contribution in [0, 0.1) is 6.92 Å². The van der Waals surface area contributed by atoms with Gasteiger partial charge in [0.1, 0.15) is 0 Å². The minimum atomic E-state index is -0.349. The molecule has 0 aromatic heterocycles. The molecule has 3 nitrogen and oxygen atoms in total. The van der Waals surface area contributed by atoms with Crippen molar-refractivity contribution >= 4 is 17.4 Å². The molecule has 23 heavy (non-hydrogen) atoms. The second-order valence-corrected chi connectivity index (χ2v) is 5.48. The molecule has 116 valence electrons. The average Bonchev–Trinajstić information content (AvgIpc) is 2.62. The highest BCUT2D eigenvalue weighted by Crippen LogP contribution is 2.33. The van der Waals surface area contributed by atoms with E-state index in [4.69, 9.17) is 4.74 Å². The second kappa shape index (κ2) is 6.53. The van der Waals surface area contributed by atoms with Gasteiger partial charge in [-0.3, -0.25) is 4.90 Å². The van der Waals surface area contributed by atoms with Crippen molar-refractivity contribution in [2.45, 2.75) is 6.92 Å². The van der Waals surface area contributed by atoms with E-state index in [1.807, 2.05) is 36.4 Å². The number of allylic oxidation sites excluding steroid dienone is 2. The first-order chi connectivity index (χ1) is 11.2. The fourth-order valence-corrected chi connectivity index (χ4v) is 2.74. The lowest BCUT2D eigenvalue weighted by molar-refractivity contribution is 0.146. The minimum Gasteiger partial charge on any atom is -0.452 e. The van der Waals surface area contributed by atoms with E-state index in [1.54, 1.807) is 4.90 Å². The van der Waals surface area contributed by atoms with Crippen molar-refractivity contribution in [3.8, 4) is 0 Å². The molecule has 3 heteroatoms. The van der Waals surface area contributed by atoms with Crippen LogP contribution in [0.1, 0.15) is 16.7 Å². The van der Waals surface area contributed by atoms with Gasteiger partial charge in [-0.25, -0.2) is 4.79 Å². The van der Waals surface area contributed by atoms with Crippen molar-refractivity contribution in [1.82, 2.24) is 4.90 Å². The predicted octanol–water partition coefficient (Wildman–Crippen LogP) is 4.50. The molecular weight excluding hydrogens is 286 g/mol. The van der Waals surface area contributed by atoms with Crippen LogP contribution in [0.4, 0.5) is 4.79 Å². The van der Waals surface area contributed by atoms with Crippen LogP contribution < -0.4 is 0 Å². The second-order valence-electron chi connectivity index (χ2n) is 5.48. The zero-order valence-corrected chi connectivity index (χ0v) is 13.3. The number of hydrogen-bond acceptors (Lipinski definition) is 2. The molecule has 1 aliphatic heterocycles. The van der Waals surface area contributed by atoms with Gasteiger partial charge in [-0.1, -0.05) is 72.3 Å². The summed E-state index contributed by atoms with van der Waals surface area (Å²) in [6, 6.07) is 18.3. The molecule has 1 heterocycles. The lowest BCUT2D eigenvalue weighted by Gasteiger charge is -2.28.